The number of hydrogen-bond acceptors (Lipinski definition) is 2. The van der Waals surface area contributed by atoms with E-state index < -0.39 is 0 Å². The summed E-state index contributed by atoms with van der Waals surface area (Å²) in [4.78, 5) is 11.7. The number of para-hydroxylation sites is 1. The Hall–Kier alpha value is -1.62. The summed E-state index contributed by atoms with van der Waals surface area (Å²) >= 11 is 3.26. The molecule has 0 bridgehead atoms. The average Bonchev–Trinajstić information content (AvgIpc) is 2.71. The first-order chi connectivity index (χ1) is 9.11. The second-order valence-electron chi connectivity index (χ2n) is 4.36. The molecule has 0 aliphatic heterocycles. The number of amides is 1. The predicted octanol–water partition coefficient (Wildman–Crippen LogP) is 3.21. The molecule has 4 nitrogen and oxygen atoms in total. The minimum Gasteiger partial charge on any atom is -0.311 e. The molecular formula is C14H16BrN3O. The van der Waals surface area contributed by atoms with E-state index in [0.29, 0.717) is 17.6 Å². The minimum atomic E-state index is -0.0217. The van der Waals surface area contributed by atoms with Crippen LogP contribution < -0.4 is 5.32 Å². The van der Waals surface area contributed by atoms with Gasteiger partial charge in [-0.1, -0.05) is 34.1 Å². The minimum absolute atomic E-state index is 0.0217. The van der Waals surface area contributed by atoms with Crippen molar-refractivity contribution in [3.8, 4) is 5.69 Å². The fraction of sp³-hybridized carbons (Fsp3) is 0.286. The highest BCUT2D eigenvalue weighted by Gasteiger charge is 2.11. The maximum atomic E-state index is 11.7. The molecule has 1 aromatic heterocycles. The van der Waals surface area contributed by atoms with Crippen LogP contribution in [0.4, 0.5) is 5.82 Å². The lowest BCUT2D eigenvalue weighted by molar-refractivity contribution is -0.115. The number of alkyl halides is 1. The number of aryl methyl sites for hydroxylation is 2. The molecule has 19 heavy (non-hydrogen) atoms. The number of aromatic nitrogens is 2. The standard InChI is InChI=1S/C14H16BrN3O/c1-10-5-3-4-6-12(10)18-13(9-11(2)17-18)16-14(19)7-8-15/h3-6,9H,7-8H2,1-2H3,(H,16,19). The Labute approximate surface area is 120 Å². The number of hydrogen-bond donors (Lipinski definition) is 1. The van der Waals surface area contributed by atoms with Crippen LogP contribution in [0.5, 0.6) is 0 Å². The molecule has 1 aromatic carbocycles. The van der Waals surface area contributed by atoms with Crippen molar-refractivity contribution in [1.82, 2.24) is 9.78 Å². The fourth-order valence-electron chi connectivity index (χ4n) is 1.86. The van der Waals surface area contributed by atoms with Gasteiger partial charge in [0.1, 0.15) is 5.82 Å². The second-order valence-corrected chi connectivity index (χ2v) is 5.15. The Morgan fingerprint density at radius 2 is 2.11 bits per heavy atom. The Kier molecular flexibility index (Phi) is 4.37. The van der Waals surface area contributed by atoms with Gasteiger partial charge < -0.3 is 5.32 Å². The van der Waals surface area contributed by atoms with E-state index in [2.05, 4.69) is 26.3 Å². The van der Waals surface area contributed by atoms with Crippen molar-refractivity contribution in [3.05, 3.63) is 41.6 Å². The van der Waals surface area contributed by atoms with E-state index in [1.54, 1.807) is 4.68 Å². The first-order valence-electron chi connectivity index (χ1n) is 6.10. The maximum absolute atomic E-state index is 11.7. The quantitative estimate of drug-likeness (QED) is 0.879. The smallest absolute Gasteiger partial charge is 0.226 e. The highest BCUT2D eigenvalue weighted by Crippen LogP contribution is 2.20. The molecular weight excluding hydrogens is 306 g/mol. The van der Waals surface area contributed by atoms with Gasteiger partial charge in [-0.05, 0) is 25.5 Å². The first kappa shape index (κ1) is 13.8. The Bertz CT molecular complexity index is 592. The molecule has 0 unspecified atom stereocenters. The van der Waals surface area contributed by atoms with Crippen molar-refractivity contribution < 1.29 is 4.79 Å². The molecule has 1 heterocycles. The highest BCUT2D eigenvalue weighted by molar-refractivity contribution is 9.09. The van der Waals surface area contributed by atoms with Gasteiger partial charge in [-0.2, -0.15) is 5.10 Å². The zero-order valence-electron chi connectivity index (χ0n) is 11.0. The Balaban J connectivity index is 2.36. The lowest BCUT2D eigenvalue weighted by Crippen LogP contribution is -2.15. The van der Waals surface area contributed by atoms with Crippen LogP contribution in [0.3, 0.4) is 0 Å². The van der Waals surface area contributed by atoms with Crippen LogP contribution in [0, 0.1) is 13.8 Å². The highest BCUT2D eigenvalue weighted by atomic mass is 79.9. The van der Waals surface area contributed by atoms with Crippen LogP contribution in [0.1, 0.15) is 17.7 Å². The van der Waals surface area contributed by atoms with Crippen LogP contribution >= 0.6 is 15.9 Å². The van der Waals surface area contributed by atoms with Gasteiger partial charge in [-0.25, -0.2) is 4.68 Å². The van der Waals surface area contributed by atoms with E-state index in [1.165, 1.54) is 0 Å². The van der Waals surface area contributed by atoms with Gasteiger partial charge in [-0.3, -0.25) is 4.79 Å². The third-order valence-corrected chi connectivity index (χ3v) is 3.16. The number of rotatable bonds is 4. The SMILES string of the molecule is Cc1cc(NC(=O)CCBr)n(-c2ccccc2C)n1. The maximum Gasteiger partial charge on any atom is 0.226 e. The van der Waals surface area contributed by atoms with Crippen molar-refractivity contribution in [3.63, 3.8) is 0 Å². The Morgan fingerprint density at radius 1 is 1.37 bits per heavy atom. The number of carbonyl (C=O) groups is 1. The van der Waals surface area contributed by atoms with Crippen molar-refractivity contribution in [2.45, 2.75) is 20.3 Å². The molecule has 0 aliphatic rings. The van der Waals surface area contributed by atoms with Gasteiger partial charge in [0, 0.05) is 17.8 Å². The third-order valence-electron chi connectivity index (χ3n) is 2.76. The summed E-state index contributed by atoms with van der Waals surface area (Å²) in [7, 11) is 0. The van der Waals surface area contributed by atoms with E-state index in [1.807, 2.05) is 44.2 Å². The number of nitrogens with zero attached hydrogens (tertiary/aromatic N) is 2. The monoisotopic (exact) mass is 321 g/mol. The van der Waals surface area contributed by atoms with Crippen LogP contribution in [0.2, 0.25) is 0 Å². The van der Waals surface area contributed by atoms with Crippen molar-refractivity contribution >= 4 is 27.7 Å². The summed E-state index contributed by atoms with van der Waals surface area (Å²) in [6, 6.07) is 9.83. The number of nitrogens with one attached hydrogen (secondary N) is 1. The van der Waals surface area contributed by atoms with E-state index in [4.69, 9.17) is 0 Å². The molecule has 0 fully saturated rings. The van der Waals surface area contributed by atoms with E-state index in [0.717, 1.165) is 16.9 Å². The second kappa shape index (κ2) is 6.02. The van der Waals surface area contributed by atoms with Gasteiger partial charge in [-0.15, -0.1) is 0 Å². The van der Waals surface area contributed by atoms with Crippen LogP contribution in [0.15, 0.2) is 30.3 Å². The number of anilines is 1. The van der Waals surface area contributed by atoms with Crippen molar-refractivity contribution in [2.75, 3.05) is 10.6 Å². The summed E-state index contributed by atoms with van der Waals surface area (Å²) in [6.07, 6.45) is 0.442. The molecule has 0 saturated heterocycles. The van der Waals surface area contributed by atoms with E-state index in [9.17, 15) is 4.79 Å². The van der Waals surface area contributed by atoms with Gasteiger partial charge in [0.2, 0.25) is 5.91 Å². The van der Waals surface area contributed by atoms with Crippen LogP contribution in [0.25, 0.3) is 5.69 Å². The zero-order chi connectivity index (χ0) is 13.8. The van der Waals surface area contributed by atoms with Crippen LogP contribution in [-0.4, -0.2) is 21.0 Å². The topological polar surface area (TPSA) is 46.9 Å². The number of carbonyl (C=O) groups excluding carboxylic acids is 1. The van der Waals surface area contributed by atoms with Crippen molar-refractivity contribution in [1.29, 1.82) is 0 Å². The molecule has 1 N–H and O–H groups in total. The number of halogens is 1. The predicted molar refractivity (Wildman–Crippen MR) is 80.1 cm³/mol. The molecule has 2 rings (SSSR count). The summed E-state index contributed by atoms with van der Waals surface area (Å²) in [5, 5.41) is 7.98. The Morgan fingerprint density at radius 3 is 2.79 bits per heavy atom. The lowest BCUT2D eigenvalue weighted by Gasteiger charge is -2.10. The summed E-state index contributed by atoms with van der Waals surface area (Å²) < 4.78 is 1.77. The normalized spacial score (nSPS) is 10.5. The molecule has 5 heteroatoms. The summed E-state index contributed by atoms with van der Waals surface area (Å²) in [5.41, 5.74) is 2.96. The molecule has 1 amide bonds. The van der Waals surface area contributed by atoms with Gasteiger partial charge in [0.05, 0.1) is 11.4 Å². The molecule has 100 valence electrons. The molecule has 0 aliphatic carbocycles. The average molecular weight is 322 g/mol. The van der Waals surface area contributed by atoms with Gasteiger partial charge >= 0.3 is 0 Å². The molecule has 2 aromatic rings. The van der Waals surface area contributed by atoms with Crippen molar-refractivity contribution in [2.24, 2.45) is 0 Å². The van der Waals surface area contributed by atoms with E-state index in [-0.39, 0.29) is 5.91 Å². The summed E-state index contributed by atoms with van der Waals surface area (Å²) in [5.74, 6) is 0.685. The molecule has 0 atom stereocenters. The first-order valence-corrected chi connectivity index (χ1v) is 7.22. The zero-order valence-corrected chi connectivity index (χ0v) is 12.6. The largest absolute Gasteiger partial charge is 0.311 e. The van der Waals surface area contributed by atoms with Crippen LogP contribution in [-0.2, 0) is 4.79 Å². The van der Waals surface area contributed by atoms with Gasteiger partial charge in [0.25, 0.3) is 0 Å². The van der Waals surface area contributed by atoms with Gasteiger partial charge in [0.15, 0.2) is 0 Å². The summed E-state index contributed by atoms with van der Waals surface area (Å²) in [6.45, 7) is 3.94. The third kappa shape index (κ3) is 3.23. The fourth-order valence-corrected chi connectivity index (χ4v) is 2.22. The van der Waals surface area contributed by atoms with E-state index >= 15 is 0 Å². The lowest BCUT2D eigenvalue weighted by atomic mass is 10.2. The number of benzene rings is 1. The molecule has 0 spiro atoms. The molecule has 0 radical (unpaired) electrons. The molecule has 0 saturated carbocycles.